The number of ether oxygens (including phenoxy) is 4. The summed E-state index contributed by atoms with van der Waals surface area (Å²) in [7, 11) is -8.57. The van der Waals surface area contributed by atoms with E-state index < -0.39 is 40.4 Å². The van der Waals surface area contributed by atoms with Gasteiger partial charge in [0.15, 0.2) is 0 Å². The van der Waals surface area contributed by atoms with Crippen molar-refractivity contribution in [3.63, 3.8) is 0 Å². The van der Waals surface area contributed by atoms with Crippen LogP contribution in [0.4, 0.5) is 0 Å². The molecule has 1 fully saturated rings. The van der Waals surface area contributed by atoms with Gasteiger partial charge in [-0.3, -0.25) is 9.05 Å². The van der Waals surface area contributed by atoms with Crippen LogP contribution >= 0.6 is 15.6 Å². The first-order chi connectivity index (χ1) is 23.3. The average molecular weight is 701 g/mol. The van der Waals surface area contributed by atoms with Crippen molar-refractivity contribution in [2.24, 2.45) is 0 Å². The van der Waals surface area contributed by atoms with Crippen molar-refractivity contribution in [1.82, 2.24) is 0 Å². The van der Waals surface area contributed by atoms with Crippen LogP contribution in [0.25, 0.3) is 0 Å². The highest BCUT2D eigenvalue weighted by Gasteiger charge is 2.50. The molecule has 0 radical (unpaired) electrons. The van der Waals surface area contributed by atoms with E-state index in [0.717, 1.165) is 0 Å². The Morgan fingerprint density at radius 1 is 0.500 bits per heavy atom. The van der Waals surface area contributed by atoms with E-state index in [1.807, 2.05) is 0 Å². The lowest BCUT2D eigenvalue weighted by molar-refractivity contribution is -0.393. The molecule has 0 aliphatic carbocycles. The molecule has 256 valence electrons. The molecule has 0 saturated carbocycles. The third kappa shape index (κ3) is 10.2. The van der Waals surface area contributed by atoms with E-state index in [-0.39, 0.29) is 49.4 Å². The minimum absolute atomic E-state index is 0.194. The largest absolute Gasteiger partial charge is 0.587 e. The highest BCUT2D eigenvalue weighted by molar-refractivity contribution is 7.49. The van der Waals surface area contributed by atoms with Crippen molar-refractivity contribution in [1.29, 1.82) is 0 Å². The van der Waals surface area contributed by atoms with Crippen LogP contribution in [-0.2, 0) is 37.1 Å². The fourth-order valence-electron chi connectivity index (χ4n) is 4.45. The van der Waals surface area contributed by atoms with Crippen molar-refractivity contribution < 1.29 is 55.2 Å². The molecule has 1 saturated heterocycles. The minimum atomic E-state index is -4.28. The zero-order valence-electron chi connectivity index (χ0n) is 26.6. The van der Waals surface area contributed by atoms with Gasteiger partial charge in [0.2, 0.25) is 11.6 Å². The van der Waals surface area contributed by atoms with E-state index in [9.17, 15) is 9.13 Å². The van der Waals surface area contributed by atoms with Gasteiger partial charge in [0, 0.05) is 13.2 Å². The third-order valence-electron chi connectivity index (χ3n) is 6.65. The molecular formula is C34H38O12P2. The van der Waals surface area contributed by atoms with Gasteiger partial charge in [-0.1, -0.05) is 72.8 Å². The molecule has 4 aromatic carbocycles. The molecule has 0 spiro atoms. The SMILES string of the molecule is CCOC1(COP(=O)(Oc2ccccc2)Oc2ccccc2)COC(COP(=O)(Oc2ccccc2)Oc2ccccc2)(OCC)CO1. The summed E-state index contributed by atoms with van der Waals surface area (Å²) in [4.78, 5) is 0. The second-order valence-corrected chi connectivity index (χ2v) is 13.4. The number of rotatable bonds is 18. The zero-order chi connectivity index (χ0) is 33.8. The summed E-state index contributed by atoms with van der Waals surface area (Å²) in [5.41, 5.74) is 0. The monoisotopic (exact) mass is 700 g/mol. The molecule has 0 bridgehead atoms. The predicted molar refractivity (Wildman–Crippen MR) is 176 cm³/mol. The van der Waals surface area contributed by atoms with Crippen LogP contribution in [0, 0.1) is 0 Å². The molecule has 2 atom stereocenters. The zero-order valence-corrected chi connectivity index (χ0v) is 28.4. The van der Waals surface area contributed by atoms with Gasteiger partial charge in [0.1, 0.15) is 49.4 Å². The first-order valence-corrected chi connectivity index (χ1v) is 18.2. The van der Waals surface area contributed by atoms with Gasteiger partial charge in [-0.2, -0.15) is 0 Å². The van der Waals surface area contributed by atoms with Crippen molar-refractivity contribution >= 4 is 15.6 Å². The lowest BCUT2D eigenvalue weighted by Gasteiger charge is -2.45. The number of phosphoric ester groups is 2. The van der Waals surface area contributed by atoms with Crippen LogP contribution in [0.5, 0.6) is 23.0 Å². The lowest BCUT2D eigenvalue weighted by Crippen LogP contribution is -2.59. The van der Waals surface area contributed by atoms with Gasteiger partial charge in [-0.25, -0.2) is 9.13 Å². The van der Waals surface area contributed by atoms with Gasteiger partial charge in [-0.05, 0) is 62.4 Å². The topological polar surface area (TPSA) is 126 Å². The highest BCUT2D eigenvalue weighted by atomic mass is 31.2. The molecule has 0 N–H and O–H groups in total. The smallest absolute Gasteiger partial charge is 0.395 e. The number of phosphoric acid groups is 2. The second-order valence-electron chi connectivity index (χ2n) is 10.3. The molecular weight excluding hydrogens is 662 g/mol. The Hall–Kier alpha value is -3.70. The molecule has 1 aliphatic heterocycles. The van der Waals surface area contributed by atoms with Crippen LogP contribution in [0.2, 0.25) is 0 Å². The first kappa shape index (κ1) is 35.6. The molecule has 0 aromatic heterocycles. The Morgan fingerprint density at radius 3 is 1.00 bits per heavy atom. The average Bonchev–Trinajstić information content (AvgIpc) is 3.10. The van der Waals surface area contributed by atoms with Crippen LogP contribution < -0.4 is 18.1 Å². The van der Waals surface area contributed by atoms with E-state index in [1.165, 1.54) is 0 Å². The fraction of sp³-hybridized carbons (Fsp3) is 0.294. The summed E-state index contributed by atoms with van der Waals surface area (Å²) < 4.78 is 86.8. The normalized spacial score (nSPS) is 19.7. The molecule has 4 aromatic rings. The van der Waals surface area contributed by atoms with E-state index in [2.05, 4.69) is 0 Å². The summed E-state index contributed by atoms with van der Waals surface area (Å²) in [5, 5.41) is 0. The second kappa shape index (κ2) is 16.6. The van der Waals surface area contributed by atoms with E-state index in [4.69, 9.17) is 46.1 Å². The van der Waals surface area contributed by atoms with Crippen molar-refractivity contribution in [3.05, 3.63) is 121 Å². The summed E-state index contributed by atoms with van der Waals surface area (Å²) in [6.07, 6.45) is 0. The maximum atomic E-state index is 14.0. The highest BCUT2D eigenvalue weighted by Crippen LogP contribution is 2.52. The number of para-hydroxylation sites is 4. The Labute approximate surface area is 279 Å². The van der Waals surface area contributed by atoms with Crippen LogP contribution in [0.1, 0.15) is 13.8 Å². The summed E-state index contributed by atoms with van der Waals surface area (Å²) >= 11 is 0. The van der Waals surface area contributed by atoms with Crippen molar-refractivity contribution in [2.45, 2.75) is 25.4 Å². The number of hydrogen-bond donors (Lipinski definition) is 0. The van der Waals surface area contributed by atoms with Gasteiger partial charge >= 0.3 is 15.6 Å². The van der Waals surface area contributed by atoms with Gasteiger partial charge in [-0.15, -0.1) is 0 Å². The van der Waals surface area contributed by atoms with Crippen LogP contribution in [-0.4, -0.2) is 51.2 Å². The Morgan fingerprint density at radius 2 is 0.771 bits per heavy atom. The molecule has 1 aliphatic rings. The summed E-state index contributed by atoms with van der Waals surface area (Å²) in [6, 6.07) is 34.0. The van der Waals surface area contributed by atoms with E-state index in [1.54, 1.807) is 135 Å². The van der Waals surface area contributed by atoms with Gasteiger partial charge < -0.3 is 37.0 Å². The van der Waals surface area contributed by atoms with E-state index >= 15 is 0 Å². The Bertz CT molecular complexity index is 1410. The van der Waals surface area contributed by atoms with Crippen LogP contribution in [0.15, 0.2) is 121 Å². The Kier molecular flexibility index (Phi) is 12.3. The molecule has 2 unspecified atom stereocenters. The maximum absolute atomic E-state index is 14.0. The van der Waals surface area contributed by atoms with Crippen molar-refractivity contribution in [2.75, 3.05) is 39.6 Å². The predicted octanol–water partition coefficient (Wildman–Crippen LogP) is 8.06. The number of benzene rings is 4. The maximum Gasteiger partial charge on any atom is 0.587 e. The molecule has 14 heteroatoms. The Balaban J connectivity index is 1.30. The fourth-order valence-corrected chi connectivity index (χ4v) is 6.96. The van der Waals surface area contributed by atoms with Gasteiger partial charge in [0.25, 0.3) is 0 Å². The number of hydrogen-bond acceptors (Lipinski definition) is 12. The third-order valence-corrected chi connectivity index (χ3v) is 9.28. The molecule has 0 amide bonds. The summed E-state index contributed by atoms with van der Waals surface area (Å²) in [5.74, 6) is -2.00. The minimum Gasteiger partial charge on any atom is -0.395 e. The van der Waals surface area contributed by atoms with Gasteiger partial charge in [0.05, 0.1) is 0 Å². The lowest BCUT2D eigenvalue weighted by atomic mass is 10.2. The van der Waals surface area contributed by atoms with E-state index in [0.29, 0.717) is 0 Å². The quantitative estimate of drug-likeness (QED) is 0.0932. The molecule has 1 heterocycles. The standard InChI is InChI=1S/C34H38O12P2/c1-3-37-33(27-41-47(35,43-29-17-9-5-10-18-29)44-30-19-11-6-12-20-30)25-40-34(26-39-33,38-4-2)28-42-48(36,45-31-21-13-7-14-22-31)46-32-23-15-8-16-24-32/h5-24H,3-4,25-28H2,1-2H3. The van der Waals surface area contributed by atoms with Crippen molar-refractivity contribution in [3.8, 4) is 23.0 Å². The molecule has 48 heavy (non-hydrogen) atoms. The first-order valence-electron chi connectivity index (χ1n) is 15.3. The summed E-state index contributed by atoms with van der Waals surface area (Å²) in [6.45, 7) is 2.57. The molecule has 12 nitrogen and oxygen atoms in total. The van der Waals surface area contributed by atoms with Crippen LogP contribution in [0.3, 0.4) is 0 Å². The molecule has 5 rings (SSSR count).